The fourth-order valence-corrected chi connectivity index (χ4v) is 1.44. The molecule has 0 fully saturated rings. The Hall–Kier alpha value is -0.600. The summed E-state index contributed by atoms with van der Waals surface area (Å²) in [6.07, 6.45) is 4.29. The van der Waals surface area contributed by atoms with Crippen molar-refractivity contribution < 1.29 is 0 Å². The van der Waals surface area contributed by atoms with Crippen molar-refractivity contribution in [3.8, 4) is 0 Å². The van der Waals surface area contributed by atoms with Crippen LogP contribution in [0.3, 0.4) is 0 Å². The lowest BCUT2D eigenvalue weighted by molar-refractivity contribution is 0.801. The highest BCUT2D eigenvalue weighted by atomic mass is 32.1. The van der Waals surface area contributed by atoms with E-state index in [9.17, 15) is 0 Å². The zero-order valence-electron chi connectivity index (χ0n) is 6.71. The summed E-state index contributed by atoms with van der Waals surface area (Å²) in [4.78, 5) is 1.32. The number of rotatable bonds is 4. The number of thiophene rings is 1. The summed E-state index contributed by atoms with van der Waals surface area (Å²) in [7, 11) is 0. The number of hydrogen-bond donors (Lipinski definition) is 1. The minimum Gasteiger partial charge on any atom is -0.314 e. The summed E-state index contributed by atoms with van der Waals surface area (Å²) in [6.45, 7) is 4.11. The van der Waals surface area contributed by atoms with E-state index < -0.39 is 0 Å². The summed E-state index contributed by atoms with van der Waals surface area (Å²) < 4.78 is 0. The Kier molecular flexibility index (Phi) is 3.94. The van der Waals surface area contributed by atoms with Gasteiger partial charge in [0.1, 0.15) is 0 Å². The number of likely N-dealkylation sites (N-methyl/N-ethyl adjacent to an activating group) is 1. The van der Waals surface area contributed by atoms with E-state index in [1.807, 2.05) is 0 Å². The van der Waals surface area contributed by atoms with E-state index in [4.69, 9.17) is 0 Å². The smallest absolute Gasteiger partial charge is 0.0267 e. The maximum Gasteiger partial charge on any atom is 0.0267 e. The van der Waals surface area contributed by atoms with Crippen LogP contribution in [-0.4, -0.2) is 13.1 Å². The van der Waals surface area contributed by atoms with Crippen molar-refractivity contribution in [1.29, 1.82) is 0 Å². The zero-order valence-corrected chi connectivity index (χ0v) is 7.53. The normalized spacial score (nSPS) is 11.0. The predicted molar refractivity (Wildman–Crippen MR) is 51.9 cm³/mol. The molecule has 60 valence electrons. The maximum absolute atomic E-state index is 3.23. The van der Waals surface area contributed by atoms with Crippen molar-refractivity contribution in [2.24, 2.45) is 0 Å². The Morgan fingerprint density at radius 3 is 3.18 bits per heavy atom. The van der Waals surface area contributed by atoms with Crippen LogP contribution < -0.4 is 5.32 Å². The molecular weight excluding hydrogens is 154 g/mol. The first-order valence-corrected chi connectivity index (χ1v) is 4.72. The van der Waals surface area contributed by atoms with Gasteiger partial charge in [-0.1, -0.05) is 19.1 Å². The third kappa shape index (κ3) is 3.35. The lowest BCUT2D eigenvalue weighted by atomic mass is 10.4. The monoisotopic (exact) mass is 167 g/mol. The van der Waals surface area contributed by atoms with Crippen molar-refractivity contribution in [2.75, 3.05) is 13.1 Å². The van der Waals surface area contributed by atoms with Crippen LogP contribution >= 0.6 is 11.3 Å². The minimum absolute atomic E-state index is 0.967. The van der Waals surface area contributed by atoms with Gasteiger partial charge in [-0.25, -0.2) is 0 Å². The lowest BCUT2D eigenvalue weighted by Gasteiger charge is -1.91. The third-order valence-electron chi connectivity index (χ3n) is 1.34. The molecule has 0 amide bonds. The summed E-state index contributed by atoms with van der Waals surface area (Å²) in [6, 6.07) is 4.19. The Morgan fingerprint density at radius 1 is 1.64 bits per heavy atom. The van der Waals surface area contributed by atoms with E-state index in [0.29, 0.717) is 0 Å². The molecule has 1 heterocycles. The third-order valence-corrected chi connectivity index (χ3v) is 2.18. The highest BCUT2D eigenvalue weighted by Gasteiger charge is 1.83. The van der Waals surface area contributed by atoms with Crippen LogP contribution in [-0.2, 0) is 0 Å². The van der Waals surface area contributed by atoms with Crippen LogP contribution in [0.1, 0.15) is 11.8 Å². The highest BCUT2D eigenvalue weighted by Crippen LogP contribution is 2.09. The summed E-state index contributed by atoms with van der Waals surface area (Å²) in [5.74, 6) is 0. The topological polar surface area (TPSA) is 12.0 Å². The SMILES string of the molecule is CCNCC=Cc1cccs1. The molecule has 0 saturated heterocycles. The molecule has 0 aliphatic heterocycles. The van der Waals surface area contributed by atoms with Crippen LogP contribution in [0.2, 0.25) is 0 Å². The molecule has 0 spiro atoms. The largest absolute Gasteiger partial charge is 0.314 e. The summed E-state index contributed by atoms with van der Waals surface area (Å²) in [5, 5.41) is 5.32. The van der Waals surface area contributed by atoms with E-state index in [2.05, 4.69) is 41.9 Å². The Bertz CT molecular complexity index is 201. The lowest BCUT2D eigenvalue weighted by Crippen LogP contribution is -2.11. The molecule has 11 heavy (non-hydrogen) atoms. The minimum atomic E-state index is 0.967. The maximum atomic E-state index is 3.23. The van der Waals surface area contributed by atoms with Gasteiger partial charge in [-0.3, -0.25) is 0 Å². The van der Waals surface area contributed by atoms with Gasteiger partial charge in [0.05, 0.1) is 0 Å². The van der Waals surface area contributed by atoms with Crippen LogP contribution in [0.5, 0.6) is 0 Å². The standard InChI is InChI=1S/C9H13NS/c1-2-10-7-3-5-9-6-4-8-11-9/h3-6,8,10H,2,7H2,1H3. The van der Waals surface area contributed by atoms with Crippen molar-refractivity contribution in [3.05, 3.63) is 28.5 Å². The molecule has 1 aromatic rings. The Morgan fingerprint density at radius 2 is 2.55 bits per heavy atom. The molecular formula is C9H13NS. The summed E-state index contributed by atoms with van der Waals surface area (Å²) >= 11 is 1.77. The molecule has 2 heteroatoms. The van der Waals surface area contributed by atoms with E-state index >= 15 is 0 Å². The van der Waals surface area contributed by atoms with Crippen LogP contribution in [0.15, 0.2) is 23.6 Å². The second-order valence-electron chi connectivity index (χ2n) is 2.23. The van der Waals surface area contributed by atoms with Gasteiger partial charge in [0, 0.05) is 11.4 Å². The number of hydrogen-bond acceptors (Lipinski definition) is 2. The van der Waals surface area contributed by atoms with Crippen LogP contribution in [0.25, 0.3) is 6.08 Å². The molecule has 1 rings (SSSR count). The second-order valence-corrected chi connectivity index (χ2v) is 3.20. The van der Waals surface area contributed by atoms with Crippen LogP contribution in [0.4, 0.5) is 0 Å². The average Bonchev–Trinajstić information content (AvgIpc) is 2.50. The first kappa shape index (κ1) is 8.50. The molecule has 0 saturated carbocycles. The molecule has 1 aromatic heterocycles. The van der Waals surface area contributed by atoms with Gasteiger partial charge < -0.3 is 5.32 Å². The van der Waals surface area contributed by atoms with Gasteiger partial charge in [0.2, 0.25) is 0 Å². The molecule has 0 aliphatic carbocycles. The fraction of sp³-hybridized carbons (Fsp3) is 0.333. The van der Waals surface area contributed by atoms with Crippen molar-refractivity contribution in [3.63, 3.8) is 0 Å². The van der Waals surface area contributed by atoms with E-state index in [1.54, 1.807) is 11.3 Å². The first-order valence-electron chi connectivity index (χ1n) is 3.84. The molecule has 0 bridgehead atoms. The molecule has 0 atom stereocenters. The molecule has 0 aliphatic rings. The van der Waals surface area contributed by atoms with E-state index in [0.717, 1.165) is 13.1 Å². The Labute approximate surface area is 71.8 Å². The van der Waals surface area contributed by atoms with Crippen molar-refractivity contribution in [1.82, 2.24) is 5.32 Å². The van der Waals surface area contributed by atoms with Gasteiger partial charge in [-0.2, -0.15) is 0 Å². The Balaban J connectivity index is 2.25. The molecule has 0 aromatic carbocycles. The molecule has 0 unspecified atom stereocenters. The highest BCUT2D eigenvalue weighted by molar-refractivity contribution is 7.10. The fourth-order valence-electron chi connectivity index (χ4n) is 0.789. The molecule has 1 N–H and O–H groups in total. The van der Waals surface area contributed by atoms with Gasteiger partial charge in [0.15, 0.2) is 0 Å². The van der Waals surface area contributed by atoms with Gasteiger partial charge in [-0.15, -0.1) is 11.3 Å². The van der Waals surface area contributed by atoms with Gasteiger partial charge in [0.25, 0.3) is 0 Å². The van der Waals surface area contributed by atoms with Crippen molar-refractivity contribution >= 4 is 17.4 Å². The van der Waals surface area contributed by atoms with Crippen LogP contribution in [0, 0.1) is 0 Å². The number of nitrogens with one attached hydrogen (secondary N) is 1. The average molecular weight is 167 g/mol. The molecule has 1 nitrogen and oxygen atoms in total. The van der Waals surface area contributed by atoms with Gasteiger partial charge in [-0.05, 0) is 24.1 Å². The van der Waals surface area contributed by atoms with Crippen molar-refractivity contribution in [2.45, 2.75) is 6.92 Å². The van der Waals surface area contributed by atoms with E-state index in [-0.39, 0.29) is 0 Å². The first-order chi connectivity index (χ1) is 5.43. The van der Waals surface area contributed by atoms with E-state index in [1.165, 1.54) is 4.88 Å². The predicted octanol–water partition coefficient (Wildman–Crippen LogP) is 2.37. The summed E-state index contributed by atoms with van der Waals surface area (Å²) in [5.41, 5.74) is 0. The molecule has 0 radical (unpaired) electrons. The second kappa shape index (κ2) is 5.10. The quantitative estimate of drug-likeness (QED) is 0.679. The van der Waals surface area contributed by atoms with Gasteiger partial charge >= 0.3 is 0 Å². The zero-order chi connectivity index (χ0) is 7.94.